The fourth-order valence-corrected chi connectivity index (χ4v) is 6.53. The molecule has 162 valence electrons. The number of halogens is 1. The summed E-state index contributed by atoms with van der Waals surface area (Å²) in [5, 5.41) is 16.6. The molecule has 0 bridgehead atoms. The molecule has 0 saturated carbocycles. The second-order valence-electron chi connectivity index (χ2n) is 8.52. The Morgan fingerprint density at radius 3 is 2.81 bits per heavy atom. The third-order valence-corrected chi connectivity index (χ3v) is 7.67. The van der Waals surface area contributed by atoms with E-state index in [1.54, 1.807) is 18.2 Å². The van der Waals surface area contributed by atoms with Crippen LogP contribution < -0.4 is 15.4 Å². The third-order valence-electron chi connectivity index (χ3n) is 5.35. The fourth-order valence-electron chi connectivity index (χ4n) is 4.20. The number of ether oxygens (including phenoxy) is 1. The predicted octanol–water partition coefficient (Wildman–Crippen LogP) is 4.18. The van der Waals surface area contributed by atoms with Gasteiger partial charge in [-0.15, -0.1) is 6.42 Å². The second kappa shape index (κ2) is 7.50. The molecule has 0 aromatic heterocycles. The van der Waals surface area contributed by atoms with E-state index in [2.05, 4.69) is 16.6 Å². The molecule has 0 aliphatic carbocycles. The van der Waals surface area contributed by atoms with Crippen LogP contribution in [0.1, 0.15) is 31.9 Å². The predicted molar refractivity (Wildman–Crippen MR) is 118 cm³/mol. The molecule has 2 aliphatic rings. The number of hydrogen-bond acceptors (Lipinski definition) is 6. The number of anilines is 2. The molecule has 2 aliphatic heterocycles. The van der Waals surface area contributed by atoms with E-state index in [-0.39, 0.29) is 34.3 Å². The molecule has 2 heterocycles. The Balaban J connectivity index is 1.90. The smallest absolute Gasteiger partial charge is 0.179 e. The van der Waals surface area contributed by atoms with Crippen LogP contribution in [0.2, 0.25) is 0 Å². The number of benzene rings is 2. The van der Waals surface area contributed by atoms with Crippen LogP contribution in [0.15, 0.2) is 47.0 Å². The number of terminal acetylenes is 1. The summed E-state index contributed by atoms with van der Waals surface area (Å²) in [6.07, 6.45) is 5.61. The summed E-state index contributed by atoms with van der Waals surface area (Å²) in [5.74, 6) is 1.86. The molecule has 8 heteroatoms. The molecule has 3 N–H and O–H groups in total. The Bertz CT molecular complexity index is 1230. The zero-order chi connectivity index (χ0) is 22.4. The first-order valence-electron chi connectivity index (χ1n) is 9.78. The lowest BCUT2D eigenvalue weighted by atomic mass is 9.88. The summed E-state index contributed by atoms with van der Waals surface area (Å²) in [5.41, 5.74) is 0.914. The van der Waals surface area contributed by atoms with Gasteiger partial charge in [-0.3, -0.25) is 0 Å². The Morgan fingerprint density at radius 2 is 2.10 bits per heavy atom. The van der Waals surface area contributed by atoms with Crippen LogP contribution in [0, 0.1) is 23.6 Å². The van der Waals surface area contributed by atoms with Crippen LogP contribution in [0.4, 0.5) is 15.8 Å². The van der Waals surface area contributed by atoms with Gasteiger partial charge in [-0.25, -0.2) is 12.8 Å². The van der Waals surface area contributed by atoms with Gasteiger partial charge in [0.05, 0.1) is 22.4 Å². The van der Waals surface area contributed by atoms with Gasteiger partial charge >= 0.3 is 0 Å². The first-order valence-corrected chi connectivity index (χ1v) is 11.4. The van der Waals surface area contributed by atoms with Crippen molar-refractivity contribution in [3.05, 3.63) is 58.4 Å². The molecule has 31 heavy (non-hydrogen) atoms. The number of sulfone groups is 1. The molecule has 4 rings (SSSR count). The average Bonchev–Trinajstić information content (AvgIpc) is 2.82. The maximum atomic E-state index is 15.2. The number of allylic oxidation sites excluding steroid dienone is 1. The highest BCUT2D eigenvalue weighted by atomic mass is 32.2. The maximum Gasteiger partial charge on any atom is 0.179 e. The van der Waals surface area contributed by atoms with Crippen molar-refractivity contribution in [2.24, 2.45) is 5.41 Å². The van der Waals surface area contributed by atoms with E-state index in [0.29, 0.717) is 23.5 Å². The zero-order valence-corrected chi connectivity index (χ0v) is 18.0. The number of phenolic OH excluding ortho intramolecular Hbond substituents is 1. The van der Waals surface area contributed by atoms with E-state index in [4.69, 9.17) is 11.2 Å². The fraction of sp³-hybridized carbons (Fsp3) is 0.304. The van der Waals surface area contributed by atoms with E-state index in [9.17, 15) is 13.5 Å². The molecule has 0 spiro atoms. The summed E-state index contributed by atoms with van der Waals surface area (Å²) >= 11 is 0. The van der Waals surface area contributed by atoms with Crippen molar-refractivity contribution in [2.45, 2.75) is 26.3 Å². The highest BCUT2D eigenvalue weighted by Crippen LogP contribution is 2.48. The van der Waals surface area contributed by atoms with E-state index in [1.807, 2.05) is 13.8 Å². The van der Waals surface area contributed by atoms with Crippen molar-refractivity contribution in [1.82, 2.24) is 0 Å². The van der Waals surface area contributed by atoms with Gasteiger partial charge in [0, 0.05) is 17.3 Å². The van der Waals surface area contributed by atoms with Gasteiger partial charge in [0.2, 0.25) is 0 Å². The van der Waals surface area contributed by atoms with Crippen molar-refractivity contribution in [3.8, 4) is 23.8 Å². The molecule has 0 radical (unpaired) electrons. The maximum absolute atomic E-state index is 15.2. The second-order valence-corrected chi connectivity index (χ2v) is 10.5. The lowest BCUT2D eigenvalue weighted by Crippen LogP contribution is -2.35. The SMILES string of the molecule is C#CCOc1ccc([C@H]2Nc3cccc(O)c3NC3=C2S(=O)(=O)CC(C)(C)C3)c(F)c1. The standard InChI is InChI=1S/C23H23FN2O4S/c1-4-10-30-14-8-9-15(16(24)11-14)20-22-18(12-23(2,3)13-31(22,28)29)26-21-17(25-20)6-5-7-19(21)27/h1,5-9,11,20,25-27H,10,12-13H2,2-3H3/t20-/m1/s1. The molecular formula is C23H23FN2O4S. The quantitative estimate of drug-likeness (QED) is 0.488. The molecular weight excluding hydrogens is 419 g/mol. The van der Waals surface area contributed by atoms with Crippen molar-refractivity contribution < 1.29 is 22.7 Å². The lowest BCUT2D eigenvalue weighted by Gasteiger charge is -2.34. The lowest BCUT2D eigenvalue weighted by molar-refractivity contribution is 0.367. The Hall–Kier alpha value is -3.18. The number of aromatic hydroxyl groups is 1. The largest absolute Gasteiger partial charge is 0.506 e. The normalized spacial score (nSPS) is 20.9. The molecule has 2 aromatic carbocycles. The van der Waals surface area contributed by atoms with Gasteiger partial charge in [0.1, 0.15) is 29.6 Å². The molecule has 6 nitrogen and oxygen atoms in total. The van der Waals surface area contributed by atoms with E-state index >= 15 is 4.39 Å². The van der Waals surface area contributed by atoms with Gasteiger partial charge in [0.15, 0.2) is 9.84 Å². The summed E-state index contributed by atoms with van der Waals surface area (Å²) in [6, 6.07) is 8.10. The third kappa shape index (κ3) is 3.93. The number of hydrogen-bond donors (Lipinski definition) is 3. The van der Waals surface area contributed by atoms with Crippen LogP contribution in [0.25, 0.3) is 0 Å². The molecule has 0 amide bonds. The first-order chi connectivity index (χ1) is 14.6. The van der Waals surface area contributed by atoms with Crippen LogP contribution in [-0.2, 0) is 9.84 Å². The van der Waals surface area contributed by atoms with Gasteiger partial charge in [-0.1, -0.05) is 25.8 Å². The number of para-hydroxylation sites is 1. The van der Waals surface area contributed by atoms with Gasteiger partial charge in [-0.2, -0.15) is 0 Å². The summed E-state index contributed by atoms with van der Waals surface area (Å²) in [7, 11) is -3.74. The van der Waals surface area contributed by atoms with E-state index in [1.165, 1.54) is 18.2 Å². The highest BCUT2D eigenvalue weighted by molar-refractivity contribution is 7.95. The first kappa shape index (κ1) is 21.1. The van der Waals surface area contributed by atoms with Gasteiger partial charge < -0.3 is 20.5 Å². The summed E-state index contributed by atoms with van der Waals surface area (Å²) in [4.78, 5) is 0.0821. The monoisotopic (exact) mass is 442 g/mol. The topological polar surface area (TPSA) is 87.7 Å². The minimum Gasteiger partial charge on any atom is -0.506 e. The summed E-state index contributed by atoms with van der Waals surface area (Å²) in [6.45, 7) is 3.73. The highest BCUT2D eigenvalue weighted by Gasteiger charge is 2.43. The Kier molecular flexibility index (Phi) is 5.10. The molecule has 1 atom stereocenters. The van der Waals surface area contributed by atoms with Crippen molar-refractivity contribution >= 4 is 21.2 Å². The van der Waals surface area contributed by atoms with Crippen molar-refractivity contribution in [2.75, 3.05) is 23.0 Å². The zero-order valence-electron chi connectivity index (χ0n) is 17.2. The molecule has 0 fully saturated rings. The van der Waals surface area contributed by atoms with E-state index in [0.717, 1.165) is 0 Å². The average molecular weight is 443 g/mol. The Labute approximate surface area is 181 Å². The Morgan fingerprint density at radius 1 is 1.32 bits per heavy atom. The van der Waals surface area contributed by atoms with Crippen molar-refractivity contribution in [1.29, 1.82) is 0 Å². The minimum atomic E-state index is -3.74. The number of phenols is 1. The minimum absolute atomic E-state index is 0.00417. The van der Waals surface area contributed by atoms with Crippen LogP contribution >= 0.6 is 0 Å². The number of rotatable bonds is 3. The molecule has 0 saturated heterocycles. The van der Waals surface area contributed by atoms with Crippen LogP contribution in [0.5, 0.6) is 11.5 Å². The molecule has 0 unspecified atom stereocenters. The van der Waals surface area contributed by atoms with Crippen LogP contribution in [-0.4, -0.2) is 25.9 Å². The number of fused-ring (bicyclic) bond motifs is 1. The van der Waals surface area contributed by atoms with Crippen molar-refractivity contribution in [3.63, 3.8) is 0 Å². The number of nitrogens with one attached hydrogen (secondary N) is 2. The van der Waals surface area contributed by atoms with Gasteiger partial charge in [-0.05, 0) is 36.1 Å². The van der Waals surface area contributed by atoms with E-state index < -0.39 is 27.1 Å². The van der Waals surface area contributed by atoms with Crippen LogP contribution in [0.3, 0.4) is 0 Å². The van der Waals surface area contributed by atoms with Gasteiger partial charge in [0.25, 0.3) is 0 Å². The molecule has 2 aromatic rings. The summed E-state index contributed by atoms with van der Waals surface area (Å²) < 4.78 is 47.1.